The average molecular weight is 345 g/mol. The van der Waals surface area contributed by atoms with Crippen LogP contribution in [0.3, 0.4) is 0 Å². The Bertz CT molecular complexity index is 701. The molecule has 0 heterocycles. The topological polar surface area (TPSA) is 38.3 Å². The number of carbonyl (C=O) groups excluding carboxylic acids is 1. The van der Waals surface area contributed by atoms with Crippen LogP contribution < -0.4 is 10.1 Å². The van der Waals surface area contributed by atoms with E-state index < -0.39 is 0 Å². The summed E-state index contributed by atoms with van der Waals surface area (Å²) in [7, 11) is 1.63. The number of halogens is 1. The van der Waals surface area contributed by atoms with E-state index in [0.29, 0.717) is 10.8 Å². The lowest BCUT2D eigenvalue weighted by atomic mass is 10.0. The maximum absolute atomic E-state index is 13.6. The molecule has 0 spiro atoms. The first-order chi connectivity index (χ1) is 11.7. The Balaban J connectivity index is 1.61. The van der Waals surface area contributed by atoms with Gasteiger partial charge in [-0.25, -0.2) is 4.39 Å². The third-order valence-corrected chi connectivity index (χ3v) is 5.13. The molecule has 3 rings (SSSR count). The van der Waals surface area contributed by atoms with Crippen molar-refractivity contribution < 1.29 is 13.9 Å². The first-order valence-electron chi connectivity index (χ1n) is 7.98. The van der Waals surface area contributed by atoms with Crippen molar-refractivity contribution in [2.24, 2.45) is 5.92 Å². The Morgan fingerprint density at radius 1 is 1.25 bits per heavy atom. The highest BCUT2D eigenvalue weighted by molar-refractivity contribution is 8.00. The molecule has 3 nitrogen and oxygen atoms in total. The number of nitrogens with one attached hydrogen (secondary N) is 1. The van der Waals surface area contributed by atoms with Gasteiger partial charge in [0.25, 0.3) is 0 Å². The van der Waals surface area contributed by atoms with Gasteiger partial charge in [-0.1, -0.05) is 24.3 Å². The summed E-state index contributed by atoms with van der Waals surface area (Å²) in [4.78, 5) is 12.8. The first kappa shape index (κ1) is 16.8. The Kier molecular flexibility index (Phi) is 5.41. The minimum Gasteiger partial charge on any atom is -0.497 e. The summed E-state index contributed by atoms with van der Waals surface area (Å²) in [6, 6.07) is 14.3. The SMILES string of the molecule is COc1ccc(C(NC(=O)CSc2ccccc2F)C2CC2)cc1. The lowest BCUT2D eigenvalue weighted by Crippen LogP contribution is -2.31. The largest absolute Gasteiger partial charge is 0.497 e. The third kappa shape index (κ3) is 4.29. The van der Waals surface area contributed by atoms with Gasteiger partial charge in [0.05, 0.1) is 18.9 Å². The van der Waals surface area contributed by atoms with Gasteiger partial charge in [0.1, 0.15) is 11.6 Å². The van der Waals surface area contributed by atoms with Crippen LogP contribution >= 0.6 is 11.8 Å². The molecule has 2 aromatic carbocycles. The molecule has 1 fully saturated rings. The molecule has 0 bridgehead atoms. The molecule has 126 valence electrons. The van der Waals surface area contributed by atoms with Crippen LogP contribution in [0.25, 0.3) is 0 Å². The lowest BCUT2D eigenvalue weighted by Gasteiger charge is -2.19. The van der Waals surface area contributed by atoms with Crippen molar-refractivity contribution >= 4 is 17.7 Å². The van der Waals surface area contributed by atoms with E-state index in [9.17, 15) is 9.18 Å². The quantitative estimate of drug-likeness (QED) is 0.765. The molecule has 1 N–H and O–H groups in total. The van der Waals surface area contributed by atoms with Crippen LogP contribution in [0.1, 0.15) is 24.4 Å². The Morgan fingerprint density at radius 2 is 1.96 bits per heavy atom. The zero-order chi connectivity index (χ0) is 16.9. The van der Waals surface area contributed by atoms with E-state index in [0.717, 1.165) is 24.2 Å². The molecule has 0 aliphatic heterocycles. The number of carbonyl (C=O) groups is 1. The Labute approximate surface area is 145 Å². The summed E-state index contributed by atoms with van der Waals surface area (Å²) in [5, 5.41) is 3.10. The maximum atomic E-state index is 13.6. The first-order valence-corrected chi connectivity index (χ1v) is 8.96. The molecular formula is C19H20FNO2S. The van der Waals surface area contributed by atoms with Crippen molar-refractivity contribution in [2.45, 2.75) is 23.8 Å². The average Bonchev–Trinajstić information content (AvgIpc) is 3.44. The van der Waals surface area contributed by atoms with Crippen molar-refractivity contribution in [1.82, 2.24) is 5.32 Å². The predicted molar refractivity (Wildman–Crippen MR) is 93.7 cm³/mol. The highest BCUT2D eigenvalue weighted by Crippen LogP contribution is 2.41. The van der Waals surface area contributed by atoms with E-state index in [4.69, 9.17) is 4.74 Å². The van der Waals surface area contributed by atoms with Crippen molar-refractivity contribution in [3.63, 3.8) is 0 Å². The van der Waals surface area contributed by atoms with Gasteiger partial charge in [0.15, 0.2) is 0 Å². The molecule has 1 atom stereocenters. The minimum absolute atomic E-state index is 0.0182. The molecule has 1 aliphatic rings. The van der Waals surface area contributed by atoms with Crippen molar-refractivity contribution in [3.8, 4) is 5.75 Å². The van der Waals surface area contributed by atoms with Gasteiger partial charge in [-0.3, -0.25) is 4.79 Å². The van der Waals surface area contributed by atoms with E-state index in [1.54, 1.807) is 25.3 Å². The third-order valence-electron chi connectivity index (χ3n) is 4.08. The highest BCUT2D eigenvalue weighted by Gasteiger charge is 2.33. The van der Waals surface area contributed by atoms with Crippen molar-refractivity contribution in [2.75, 3.05) is 12.9 Å². The van der Waals surface area contributed by atoms with Gasteiger partial charge in [-0.15, -0.1) is 11.8 Å². The summed E-state index contributed by atoms with van der Waals surface area (Å²) < 4.78 is 18.8. The van der Waals surface area contributed by atoms with Crippen LogP contribution in [-0.4, -0.2) is 18.8 Å². The van der Waals surface area contributed by atoms with E-state index in [1.807, 2.05) is 24.3 Å². The molecule has 1 unspecified atom stereocenters. The molecule has 1 aliphatic carbocycles. The number of thioether (sulfide) groups is 1. The zero-order valence-corrected chi connectivity index (χ0v) is 14.3. The lowest BCUT2D eigenvalue weighted by molar-refractivity contribution is -0.119. The standard InChI is InChI=1S/C19H20FNO2S/c1-23-15-10-8-14(9-11-15)19(13-6-7-13)21-18(22)12-24-17-5-3-2-4-16(17)20/h2-5,8-11,13,19H,6-7,12H2,1H3,(H,21,22). The summed E-state index contributed by atoms with van der Waals surface area (Å²) in [6.45, 7) is 0. The van der Waals surface area contributed by atoms with E-state index >= 15 is 0 Å². The highest BCUT2D eigenvalue weighted by atomic mass is 32.2. The molecule has 24 heavy (non-hydrogen) atoms. The smallest absolute Gasteiger partial charge is 0.230 e. The van der Waals surface area contributed by atoms with Gasteiger partial charge >= 0.3 is 0 Å². The second-order valence-corrected chi connectivity index (χ2v) is 6.89. The van der Waals surface area contributed by atoms with Crippen LogP contribution in [0, 0.1) is 11.7 Å². The fourth-order valence-corrected chi connectivity index (χ4v) is 3.39. The van der Waals surface area contributed by atoms with Crippen molar-refractivity contribution in [3.05, 3.63) is 59.9 Å². The molecule has 5 heteroatoms. The van der Waals surface area contributed by atoms with Gasteiger partial charge in [-0.05, 0) is 48.6 Å². The van der Waals surface area contributed by atoms with Crippen LogP contribution in [0.4, 0.5) is 4.39 Å². The van der Waals surface area contributed by atoms with Crippen LogP contribution in [0.15, 0.2) is 53.4 Å². The predicted octanol–water partition coefficient (Wildman–Crippen LogP) is 4.19. The van der Waals surface area contributed by atoms with Crippen LogP contribution in [0.5, 0.6) is 5.75 Å². The van der Waals surface area contributed by atoms with E-state index in [-0.39, 0.29) is 23.5 Å². The summed E-state index contributed by atoms with van der Waals surface area (Å²) in [5.74, 6) is 1.14. The van der Waals surface area contributed by atoms with Gasteiger partial charge in [0, 0.05) is 4.90 Å². The Hall–Kier alpha value is -2.01. The number of hydrogen-bond acceptors (Lipinski definition) is 3. The monoisotopic (exact) mass is 345 g/mol. The maximum Gasteiger partial charge on any atom is 0.230 e. The summed E-state index contributed by atoms with van der Waals surface area (Å²) in [6.07, 6.45) is 2.24. The molecule has 0 saturated heterocycles. The summed E-state index contributed by atoms with van der Waals surface area (Å²) in [5.41, 5.74) is 1.09. The molecule has 0 radical (unpaired) electrons. The molecule has 0 aromatic heterocycles. The molecular weight excluding hydrogens is 325 g/mol. The number of methoxy groups -OCH3 is 1. The molecule has 2 aromatic rings. The Morgan fingerprint density at radius 3 is 2.58 bits per heavy atom. The fraction of sp³-hybridized carbons (Fsp3) is 0.316. The number of amides is 1. The second-order valence-electron chi connectivity index (χ2n) is 5.87. The van der Waals surface area contributed by atoms with Crippen LogP contribution in [0.2, 0.25) is 0 Å². The number of rotatable bonds is 7. The molecule has 1 amide bonds. The van der Waals surface area contributed by atoms with Gasteiger partial charge < -0.3 is 10.1 Å². The van der Waals surface area contributed by atoms with Gasteiger partial charge in [-0.2, -0.15) is 0 Å². The number of benzene rings is 2. The van der Waals surface area contributed by atoms with Crippen LogP contribution in [-0.2, 0) is 4.79 Å². The summed E-state index contributed by atoms with van der Waals surface area (Å²) >= 11 is 1.22. The minimum atomic E-state index is -0.288. The van der Waals surface area contributed by atoms with Gasteiger partial charge in [0.2, 0.25) is 5.91 Å². The molecule has 1 saturated carbocycles. The normalized spacial score (nSPS) is 14.9. The van der Waals surface area contributed by atoms with Crippen molar-refractivity contribution in [1.29, 1.82) is 0 Å². The number of hydrogen-bond donors (Lipinski definition) is 1. The van der Waals surface area contributed by atoms with E-state index in [1.165, 1.54) is 17.8 Å². The second kappa shape index (κ2) is 7.71. The fourth-order valence-electron chi connectivity index (χ4n) is 2.63. The zero-order valence-electron chi connectivity index (χ0n) is 13.5. The number of ether oxygens (including phenoxy) is 1. The van der Waals surface area contributed by atoms with E-state index in [2.05, 4.69) is 5.32 Å².